The predicted octanol–water partition coefficient (Wildman–Crippen LogP) is 2.64. The summed E-state index contributed by atoms with van der Waals surface area (Å²) < 4.78 is 5.19. The highest BCUT2D eigenvalue weighted by Gasteiger charge is 2.33. The Balaban J connectivity index is 2.33. The molecule has 4 nitrogen and oxygen atoms in total. The molecule has 0 spiro atoms. The molecule has 0 N–H and O–H groups in total. The van der Waals surface area contributed by atoms with Gasteiger partial charge < -0.3 is 4.74 Å². The lowest BCUT2D eigenvalue weighted by Gasteiger charge is -2.30. The molecule has 0 amide bonds. The number of rotatable bonds is 2. The number of hydrogen-bond acceptors (Lipinski definition) is 4. The van der Waals surface area contributed by atoms with Crippen molar-refractivity contribution in [2.75, 3.05) is 0 Å². The summed E-state index contributed by atoms with van der Waals surface area (Å²) in [6.07, 6.45) is 7.57. The van der Waals surface area contributed by atoms with Gasteiger partial charge in [-0.05, 0) is 31.1 Å². The summed E-state index contributed by atoms with van der Waals surface area (Å²) in [4.78, 5) is 15.7. The normalized spacial score (nSPS) is 18.3. The Morgan fingerprint density at radius 2 is 2.26 bits per heavy atom. The van der Waals surface area contributed by atoms with Gasteiger partial charge in [0, 0.05) is 18.8 Å². The molecule has 0 atom stereocenters. The summed E-state index contributed by atoms with van der Waals surface area (Å²) in [5, 5.41) is 9.04. The first-order chi connectivity index (χ1) is 9.02. The summed E-state index contributed by atoms with van der Waals surface area (Å²) in [6.45, 7) is 3.66. The third-order valence-corrected chi connectivity index (χ3v) is 2.78. The van der Waals surface area contributed by atoms with Crippen LogP contribution in [-0.2, 0) is 9.53 Å². The smallest absolute Gasteiger partial charge is 0.349 e. The average Bonchev–Trinajstić information content (AvgIpc) is 2.36. The van der Waals surface area contributed by atoms with Gasteiger partial charge in [-0.1, -0.05) is 18.2 Å². The van der Waals surface area contributed by atoms with Gasteiger partial charge in [-0.2, -0.15) is 5.26 Å². The van der Waals surface area contributed by atoms with E-state index in [1.165, 1.54) is 0 Å². The SMILES string of the molecule is CC1(C)CC(/C=C/c2cccnc2)=C(C#N)C(=O)O1. The Morgan fingerprint density at radius 1 is 1.47 bits per heavy atom. The van der Waals surface area contributed by atoms with Crippen LogP contribution in [0.1, 0.15) is 25.8 Å². The van der Waals surface area contributed by atoms with Crippen LogP contribution in [0.25, 0.3) is 6.08 Å². The monoisotopic (exact) mass is 254 g/mol. The Labute approximate surface area is 112 Å². The van der Waals surface area contributed by atoms with Crippen molar-refractivity contribution in [3.63, 3.8) is 0 Å². The number of esters is 1. The van der Waals surface area contributed by atoms with Crippen molar-refractivity contribution in [1.29, 1.82) is 5.26 Å². The maximum Gasteiger partial charge on any atom is 0.349 e. The zero-order valence-corrected chi connectivity index (χ0v) is 10.9. The van der Waals surface area contributed by atoms with E-state index in [0.717, 1.165) is 5.56 Å². The molecule has 0 aromatic carbocycles. The molecule has 1 aromatic heterocycles. The summed E-state index contributed by atoms with van der Waals surface area (Å²) in [7, 11) is 0. The molecular formula is C15H14N2O2. The van der Waals surface area contributed by atoms with E-state index < -0.39 is 11.6 Å². The fourth-order valence-electron chi connectivity index (χ4n) is 1.95. The number of carbonyl (C=O) groups excluding carboxylic acids is 1. The first-order valence-electron chi connectivity index (χ1n) is 5.96. The van der Waals surface area contributed by atoms with E-state index in [9.17, 15) is 4.79 Å². The van der Waals surface area contributed by atoms with Gasteiger partial charge in [0.05, 0.1) is 0 Å². The van der Waals surface area contributed by atoms with Crippen LogP contribution in [0.5, 0.6) is 0 Å². The maximum atomic E-state index is 11.7. The zero-order chi connectivity index (χ0) is 13.9. The molecule has 0 saturated carbocycles. The number of aromatic nitrogens is 1. The largest absolute Gasteiger partial charge is 0.455 e. The van der Waals surface area contributed by atoms with Crippen molar-refractivity contribution in [2.45, 2.75) is 25.9 Å². The van der Waals surface area contributed by atoms with Crippen LogP contribution in [0.4, 0.5) is 0 Å². The van der Waals surface area contributed by atoms with Crippen LogP contribution >= 0.6 is 0 Å². The Morgan fingerprint density at radius 3 is 2.89 bits per heavy atom. The molecule has 0 radical (unpaired) electrons. The van der Waals surface area contributed by atoms with Gasteiger partial charge in [-0.25, -0.2) is 4.79 Å². The Bertz CT molecular complexity index is 592. The molecule has 0 bridgehead atoms. The number of ether oxygens (including phenoxy) is 1. The van der Waals surface area contributed by atoms with Gasteiger partial charge >= 0.3 is 5.97 Å². The van der Waals surface area contributed by atoms with Gasteiger partial charge in [-0.3, -0.25) is 4.98 Å². The van der Waals surface area contributed by atoms with E-state index in [1.807, 2.05) is 38.1 Å². The molecule has 2 heterocycles. The number of pyridine rings is 1. The van der Waals surface area contributed by atoms with Crippen LogP contribution in [0.2, 0.25) is 0 Å². The minimum absolute atomic E-state index is 0.0828. The van der Waals surface area contributed by atoms with Crippen LogP contribution in [0.15, 0.2) is 41.7 Å². The molecule has 0 fully saturated rings. The molecule has 0 aliphatic carbocycles. The van der Waals surface area contributed by atoms with E-state index in [1.54, 1.807) is 18.5 Å². The molecular weight excluding hydrogens is 240 g/mol. The van der Waals surface area contributed by atoms with Crippen molar-refractivity contribution in [3.8, 4) is 6.07 Å². The highest BCUT2D eigenvalue weighted by Crippen LogP contribution is 2.30. The molecule has 1 aliphatic rings. The number of hydrogen-bond donors (Lipinski definition) is 0. The summed E-state index contributed by atoms with van der Waals surface area (Å²) >= 11 is 0. The Hall–Kier alpha value is -2.41. The predicted molar refractivity (Wildman–Crippen MR) is 70.7 cm³/mol. The third kappa shape index (κ3) is 3.08. The fraction of sp³-hybridized carbons (Fsp3) is 0.267. The minimum Gasteiger partial charge on any atom is -0.455 e. The van der Waals surface area contributed by atoms with Gasteiger partial charge in [0.15, 0.2) is 0 Å². The second kappa shape index (κ2) is 5.07. The Kier molecular flexibility index (Phi) is 3.48. The highest BCUT2D eigenvalue weighted by atomic mass is 16.6. The minimum atomic E-state index is -0.577. The van der Waals surface area contributed by atoms with E-state index in [2.05, 4.69) is 4.98 Å². The molecule has 96 valence electrons. The number of carbonyl (C=O) groups is 1. The standard InChI is InChI=1S/C15H14N2O2/c1-15(2)8-12(13(9-16)14(18)19-15)6-5-11-4-3-7-17-10-11/h3-7,10H,8H2,1-2H3/b6-5+. The first kappa shape index (κ1) is 13.0. The van der Waals surface area contributed by atoms with E-state index in [0.29, 0.717) is 12.0 Å². The average molecular weight is 254 g/mol. The van der Waals surface area contributed by atoms with Crippen LogP contribution in [0, 0.1) is 11.3 Å². The lowest BCUT2D eigenvalue weighted by molar-refractivity contribution is -0.152. The van der Waals surface area contributed by atoms with Crippen LogP contribution in [-0.4, -0.2) is 16.6 Å². The molecule has 1 aromatic rings. The number of allylic oxidation sites excluding steroid dienone is 1. The molecule has 0 unspecified atom stereocenters. The van der Waals surface area contributed by atoms with Gasteiger partial charge in [0.25, 0.3) is 0 Å². The van der Waals surface area contributed by atoms with E-state index in [-0.39, 0.29) is 5.57 Å². The molecule has 0 saturated heterocycles. The molecule has 19 heavy (non-hydrogen) atoms. The van der Waals surface area contributed by atoms with E-state index in [4.69, 9.17) is 10.00 Å². The van der Waals surface area contributed by atoms with Gasteiger partial charge in [0.1, 0.15) is 17.2 Å². The highest BCUT2D eigenvalue weighted by molar-refractivity contribution is 5.95. The van der Waals surface area contributed by atoms with Crippen molar-refractivity contribution in [1.82, 2.24) is 4.98 Å². The zero-order valence-electron chi connectivity index (χ0n) is 10.9. The van der Waals surface area contributed by atoms with Crippen LogP contribution < -0.4 is 0 Å². The fourth-order valence-corrected chi connectivity index (χ4v) is 1.95. The maximum absolute atomic E-state index is 11.7. The third-order valence-electron chi connectivity index (χ3n) is 2.78. The molecule has 4 heteroatoms. The van der Waals surface area contributed by atoms with E-state index >= 15 is 0 Å². The van der Waals surface area contributed by atoms with Crippen LogP contribution in [0.3, 0.4) is 0 Å². The second-order valence-electron chi connectivity index (χ2n) is 4.96. The van der Waals surface area contributed by atoms with Gasteiger partial charge in [-0.15, -0.1) is 0 Å². The number of cyclic esters (lactones) is 1. The number of nitrogens with zero attached hydrogens (tertiary/aromatic N) is 2. The quantitative estimate of drug-likeness (QED) is 0.761. The van der Waals surface area contributed by atoms with Gasteiger partial charge in [0.2, 0.25) is 0 Å². The van der Waals surface area contributed by atoms with Crippen molar-refractivity contribution in [2.24, 2.45) is 0 Å². The second-order valence-corrected chi connectivity index (χ2v) is 4.96. The van der Waals surface area contributed by atoms with Crippen molar-refractivity contribution < 1.29 is 9.53 Å². The molecule has 1 aliphatic heterocycles. The first-order valence-corrected chi connectivity index (χ1v) is 5.96. The summed E-state index contributed by atoms with van der Waals surface area (Å²) in [5.74, 6) is -0.551. The molecule has 2 rings (SSSR count). The number of nitriles is 1. The lowest BCUT2D eigenvalue weighted by Crippen LogP contribution is -2.33. The van der Waals surface area contributed by atoms with Crippen molar-refractivity contribution >= 4 is 12.0 Å². The topological polar surface area (TPSA) is 63.0 Å². The van der Waals surface area contributed by atoms with Crippen molar-refractivity contribution in [3.05, 3.63) is 47.3 Å². The lowest BCUT2D eigenvalue weighted by atomic mass is 9.91. The summed E-state index contributed by atoms with van der Waals surface area (Å²) in [6, 6.07) is 5.65. The summed E-state index contributed by atoms with van der Waals surface area (Å²) in [5.41, 5.74) is 1.13.